The number of benzene rings is 2. The number of non-ortho nitro benzene ring substituents is 1. The lowest BCUT2D eigenvalue weighted by Gasteiger charge is -2.05. The zero-order valence-electron chi connectivity index (χ0n) is 17.8. The minimum absolute atomic E-state index is 0.0591. The highest BCUT2D eigenvalue weighted by Crippen LogP contribution is 2.35. The molecule has 2 heterocycles. The standard InChI is InChI=1S/C24H16N6O4/c1-33-21-9-7-17(30(31)32)12-19(21)22-10-8-18(34-22)11-15(13-25)23-20(14-26)24(27)29(28-23)16-5-3-2-4-6-16/h2-12H,27H2,1H3. The van der Waals surface area contributed by atoms with Crippen molar-refractivity contribution in [3.63, 3.8) is 0 Å². The van der Waals surface area contributed by atoms with Crippen LogP contribution in [-0.2, 0) is 0 Å². The van der Waals surface area contributed by atoms with E-state index >= 15 is 0 Å². The lowest BCUT2D eigenvalue weighted by molar-refractivity contribution is -0.384. The van der Waals surface area contributed by atoms with E-state index in [0.717, 1.165) is 0 Å². The van der Waals surface area contributed by atoms with Crippen molar-refractivity contribution in [2.75, 3.05) is 12.8 Å². The molecular formula is C24H16N6O4. The normalized spacial score (nSPS) is 11.0. The van der Waals surface area contributed by atoms with Crippen LogP contribution < -0.4 is 10.5 Å². The summed E-state index contributed by atoms with van der Waals surface area (Å²) < 4.78 is 12.5. The van der Waals surface area contributed by atoms with Gasteiger partial charge in [0, 0.05) is 18.2 Å². The molecule has 0 radical (unpaired) electrons. The number of allylic oxidation sites excluding steroid dienone is 1. The zero-order valence-corrected chi connectivity index (χ0v) is 17.8. The number of aromatic nitrogens is 2. The summed E-state index contributed by atoms with van der Waals surface area (Å²) in [6.07, 6.45) is 1.42. The summed E-state index contributed by atoms with van der Waals surface area (Å²) in [5.74, 6) is 1.07. The van der Waals surface area contributed by atoms with Gasteiger partial charge < -0.3 is 14.9 Å². The summed E-state index contributed by atoms with van der Waals surface area (Å²) in [6.45, 7) is 0. The molecule has 10 nitrogen and oxygen atoms in total. The molecule has 0 aliphatic carbocycles. The highest BCUT2D eigenvalue weighted by molar-refractivity contribution is 5.91. The van der Waals surface area contributed by atoms with Gasteiger partial charge in [-0.05, 0) is 30.3 Å². The van der Waals surface area contributed by atoms with Crippen LogP contribution in [0.1, 0.15) is 17.0 Å². The van der Waals surface area contributed by atoms with Gasteiger partial charge >= 0.3 is 0 Å². The third-order valence-electron chi connectivity index (χ3n) is 4.98. The number of nitriles is 2. The number of anilines is 1. The number of para-hydroxylation sites is 1. The molecule has 10 heteroatoms. The van der Waals surface area contributed by atoms with Gasteiger partial charge in [0.15, 0.2) is 0 Å². The van der Waals surface area contributed by atoms with Gasteiger partial charge in [0.25, 0.3) is 5.69 Å². The lowest BCUT2D eigenvalue weighted by Crippen LogP contribution is -2.02. The van der Waals surface area contributed by atoms with Crippen LogP contribution in [-0.4, -0.2) is 21.8 Å². The van der Waals surface area contributed by atoms with Crippen molar-refractivity contribution in [1.82, 2.24) is 9.78 Å². The van der Waals surface area contributed by atoms with E-state index in [4.69, 9.17) is 14.9 Å². The van der Waals surface area contributed by atoms with Crippen molar-refractivity contribution >= 4 is 23.2 Å². The SMILES string of the molecule is COc1ccc([N+](=O)[O-])cc1-c1ccc(C=C(C#N)c2nn(-c3ccccc3)c(N)c2C#N)o1. The topological polar surface area (TPSA) is 157 Å². The van der Waals surface area contributed by atoms with Gasteiger partial charge in [0.1, 0.15) is 46.5 Å². The van der Waals surface area contributed by atoms with E-state index in [1.54, 1.807) is 36.4 Å². The van der Waals surface area contributed by atoms with Crippen LogP contribution in [0.4, 0.5) is 11.5 Å². The predicted octanol–water partition coefficient (Wildman–Crippen LogP) is 4.57. The Bertz CT molecular complexity index is 1500. The van der Waals surface area contributed by atoms with E-state index < -0.39 is 4.92 Å². The molecule has 0 amide bonds. The average Bonchev–Trinajstić information content (AvgIpc) is 3.46. The Morgan fingerprint density at radius 1 is 1.21 bits per heavy atom. The number of furan rings is 1. The Hall–Kier alpha value is -5.35. The third kappa shape index (κ3) is 3.95. The molecule has 2 aromatic heterocycles. The van der Waals surface area contributed by atoms with Crippen molar-refractivity contribution in [3.8, 4) is 34.9 Å². The number of nitrogens with zero attached hydrogens (tertiary/aromatic N) is 5. The Kier molecular flexibility index (Phi) is 5.80. The monoisotopic (exact) mass is 452 g/mol. The van der Waals surface area contributed by atoms with Crippen molar-refractivity contribution in [3.05, 3.63) is 87.8 Å². The van der Waals surface area contributed by atoms with Crippen molar-refractivity contribution in [2.24, 2.45) is 0 Å². The molecule has 2 aromatic carbocycles. The Morgan fingerprint density at radius 3 is 2.62 bits per heavy atom. The van der Waals surface area contributed by atoms with Crippen LogP contribution in [0.15, 0.2) is 65.1 Å². The fraction of sp³-hybridized carbons (Fsp3) is 0.0417. The summed E-state index contributed by atoms with van der Waals surface area (Å²) in [5.41, 5.74) is 7.25. The summed E-state index contributed by atoms with van der Waals surface area (Å²) >= 11 is 0. The first-order valence-electron chi connectivity index (χ1n) is 9.85. The molecule has 0 saturated carbocycles. The van der Waals surface area contributed by atoms with Crippen LogP contribution in [0.25, 0.3) is 28.7 Å². The molecule has 0 bridgehead atoms. The first-order valence-corrected chi connectivity index (χ1v) is 9.85. The van der Waals surface area contributed by atoms with Crippen LogP contribution in [0.5, 0.6) is 5.75 Å². The number of nitrogen functional groups attached to an aromatic ring is 1. The third-order valence-corrected chi connectivity index (χ3v) is 4.98. The molecule has 4 aromatic rings. The summed E-state index contributed by atoms with van der Waals surface area (Å²) in [5, 5.41) is 35.0. The molecule has 0 saturated heterocycles. The van der Waals surface area contributed by atoms with E-state index in [2.05, 4.69) is 5.10 Å². The van der Waals surface area contributed by atoms with Gasteiger partial charge in [0.2, 0.25) is 0 Å². The fourth-order valence-corrected chi connectivity index (χ4v) is 3.37. The number of rotatable bonds is 6. The molecule has 0 spiro atoms. The van der Waals surface area contributed by atoms with Crippen LogP contribution >= 0.6 is 0 Å². The number of nitrogens with two attached hydrogens (primary N) is 1. The van der Waals surface area contributed by atoms with Gasteiger partial charge in [0.05, 0.1) is 28.9 Å². The molecule has 2 N–H and O–H groups in total. The van der Waals surface area contributed by atoms with Gasteiger partial charge in [-0.2, -0.15) is 15.6 Å². The van der Waals surface area contributed by atoms with Crippen LogP contribution in [0, 0.1) is 32.8 Å². The molecule has 4 rings (SSSR count). The van der Waals surface area contributed by atoms with E-state index in [9.17, 15) is 20.6 Å². The maximum atomic E-state index is 11.2. The lowest BCUT2D eigenvalue weighted by atomic mass is 10.1. The fourth-order valence-electron chi connectivity index (χ4n) is 3.37. The summed E-state index contributed by atoms with van der Waals surface area (Å²) in [7, 11) is 1.44. The van der Waals surface area contributed by atoms with E-state index in [1.807, 2.05) is 18.2 Å². The molecule has 0 unspecified atom stereocenters. The van der Waals surface area contributed by atoms with Gasteiger partial charge in [-0.1, -0.05) is 18.2 Å². The van der Waals surface area contributed by atoms with Crippen LogP contribution in [0.2, 0.25) is 0 Å². The number of ether oxygens (including phenoxy) is 1. The number of nitro benzene ring substituents is 1. The van der Waals surface area contributed by atoms with Gasteiger partial charge in [-0.3, -0.25) is 10.1 Å². The Morgan fingerprint density at radius 2 is 1.97 bits per heavy atom. The van der Waals surface area contributed by atoms with E-state index in [0.29, 0.717) is 22.8 Å². The second-order valence-corrected chi connectivity index (χ2v) is 6.98. The van der Waals surface area contributed by atoms with Crippen molar-refractivity contribution < 1.29 is 14.1 Å². The molecule has 0 fully saturated rings. The molecule has 166 valence electrons. The largest absolute Gasteiger partial charge is 0.496 e. The average molecular weight is 452 g/mol. The highest BCUT2D eigenvalue weighted by atomic mass is 16.6. The first kappa shape index (κ1) is 21.9. The highest BCUT2D eigenvalue weighted by Gasteiger charge is 2.21. The number of hydrogen-bond acceptors (Lipinski definition) is 8. The maximum Gasteiger partial charge on any atom is 0.270 e. The molecule has 0 aliphatic heterocycles. The molecule has 0 aliphatic rings. The molecular weight excluding hydrogens is 436 g/mol. The Labute approximate surface area is 193 Å². The predicted molar refractivity (Wildman–Crippen MR) is 124 cm³/mol. The minimum atomic E-state index is -0.517. The first-order chi connectivity index (χ1) is 16.5. The Balaban J connectivity index is 1.77. The van der Waals surface area contributed by atoms with Gasteiger partial charge in [-0.15, -0.1) is 0 Å². The second-order valence-electron chi connectivity index (χ2n) is 6.98. The molecule has 0 atom stereocenters. The summed E-state index contributed by atoms with van der Waals surface area (Å²) in [4.78, 5) is 10.6. The van der Waals surface area contributed by atoms with Crippen molar-refractivity contribution in [2.45, 2.75) is 0 Å². The quantitative estimate of drug-likeness (QED) is 0.253. The van der Waals surface area contributed by atoms with E-state index in [-0.39, 0.29) is 34.1 Å². The second kappa shape index (κ2) is 9.02. The zero-order chi connectivity index (χ0) is 24.2. The van der Waals surface area contributed by atoms with Gasteiger partial charge in [-0.25, -0.2) is 4.68 Å². The van der Waals surface area contributed by atoms with Crippen LogP contribution in [0.3, 0.4) is 0 Å². The summed E-state index contributed by atoms with van der Waals surface area (Å²) in [6, 6.07) is 20.4. The van der Waals surface area contributed by atoms with Crippen molar-refractivity contribution in [1.29, 1.82) is 10.5 Å². The van der Waals surface area contributed by atoms with E-state index in [1.165, 1.54) is 36.1 Å². The number of methoxy groups -OCH3 is 1. The smallest absolute Gasteiger partial charge is 0.270 e. The number of hydrogen-bond donors (Lipinski definition) is 1. The minimum Gasteiger partial charge on any atom is -0.496 e. The molecule has 34 heavy (non-hydrogen) atoms. The number of nitro groups is 1. The maximum absolute atomic E-state index is 11.2.